The second kappa shape index (κ2) is 7.98. The van der Waals surface area contributed by atoms with E-state index in [4.69, 9.17) is 4.74 Å². The molecular weight excluding hydrogens is 140 g/mol. The maximum absolute atomic E-state index is 5.22. The zero-order valence-corrected chi connectivity index (χ0v) is 7.89. The van der Waals surface area contributed by atoms with E-state index in [1.54, 1.807) is 0 Å². The average Bonchev–Trinajstić information content (AvgIpc) is 2.01. The van der Waals surface area contributed by atoms with Crippen LogP contribution in [0.1, 0.15) is 6.92 Å². The van der Waals surface area contributed by atoms with E-state index in [2.05, 4.69) is 17.3 Å². The van der Waals surface area contributed by atoms with Crippen LogP contribution in [0.2, 0.25) is 0 Å². The van der Waals surface area contributed by atoms with Gasteiger partial charge in [0.25, 0.3) is 0 Å². The molecule has 0 radical (unpaired) electrons. The Morgan fingerprint density at radius 2 is 2.09 bits per heavy atom. The lowest BCUT2D eigenvalue weighted by atomic mass is 10.5. The highest BCUT2D eigenvalue weighted by Gasteiger charge is 1.95. The molecule has 0 amide bonds. The van der Waals surface area contributed by atoms with Crippen molar-refractivity contribution in [2.24, 2.45) is 0 Å². The van der Waals surface area contributed by atoms with Crippen molar-refractivity contribution in [2.45, 2.75) is 6.92 Å². The van der Waals surface area contributed by atoms with Crippen molar-refractivity contribution >= 4 is 0 Å². The maximum Gasteiger partial charge on any atom is 0.0593 e. The molecule has 3 heteroatoms. The molecule has 11 heavy (non-hydrogen) atoms. The van der Waals surface area contributed by atoms with Crippen LogP contribution < -0.4 is 5.32 Å². The first-order chi connectivity index (χ1) is 5.31. The Labute approximate surface area is 69.7 Å². The molecule has 0 aromatic rings. The molecule has 0 aliphatic heterocycles. The first-order valence-electron chi connectivity index (χ1n) is 4.22. The predicted molar refractivity (Wildman–Crippen MR) is 47.9 cm³/mol. The summed E-state index contributed by atoms with van der Waals surface area (Å²) in [5, 5.41) is 3.11. The lowest BCUT2D eigenvalue weighted by Gasteiger charge is -2.15. The number of rotatable bonds is 7. The SMILES string of the molecule is CCOCCN(C)CCNC. The highest BCUT2D eigenvalue weighted by Crippen LogP contribution is 1.81. The van der Waals surface area contributed by atoms with Crippen LogP contribution in [0.5, 0.6) is 0 Å². The summed E-state index contributed by atoms with van der Waals surface area (Å²) in [6.45, 7) is 6.84. The van der Waals surface area contributed by atoms with Gasteiger partial charge in [-0.3, -0.25) is 0 Å². The minimum Gasteiger partial charge on any atom is -0.380 e. The molecule has 0 aromatic heterocycles. The minimum absolute atomic E-state index is 0.819. The summed E-state index contributed by atoms with van der Waals surface area (Å²) in [7, 11) is 4.08. The summed E-state index contributed by atoms with van der Waals surface area (Å²) >= 11 is 0. The molecule has 1 N–H and O–H groups in total. The Hall–Kier alpha value is -0.120. The van der Waals surface area contributed by atoms with E-state index in [1.807, 2.05) is 14.0 Å². The van der Waals surface area contributed by atoms with Gasteiger partial charge in [-0.05, 0) is 21.0 Å². The van der Waals surface area contributed by atoms with Gasteiger partial charge in [0.15, 0.2) is 0 Å². The van der Waals surface area contributed by atoms with Gasteiger partial charge in [0.1, 0.15) is 0 Å². The highest BCUT2D eigenvalue weighted by atomic mass is 16.5. The third-order valence-electron chi connectivity index (χ3n) is 1.56. The number of hydrogen-bond donors (Lipinski definition) is 1. The lowest BCUT2D eigenvalue weighted by molar-refractivity contribution is 0.122. The topological polar surface area (TPSA) is 24.5 Å². The Morgan fingerprint density at radius 1 is 1.36 bits per heavy atom. The molecule has 0 bridgehead atoms. The molecule has 0 saturated carbocycles. The van der Waals surface area contributed by atoms with Crippen molar-refractivity contribution in [3.05, 3.63) is 0 Å². The molecule has 0 saturated heterocycles. The Kier molecular flexibility index (Phi) is 7.89. The number of hydrogen-bond acceptors (Lipinski definition) is 3. The van der Waals surface area contributed by atoms with Crippen LogP contribution in [0.3, 0.4) is 0 Å². The van der Waals surface area contributed by atoms with E-state index in [0.29, 0.717) is 0 Å². The highest BCUT2D eigenvalue weighted by molar-refractivity contribution is 4.51. The molecule has 3 nitrogen and oxygen atoms in total. The van der Waals surface area contributed by atoms with E-state index in [-0.39, 0.29) is 0 Å². The fraction of sp³-hybridized carbons (Fsp3) is 1.00. The summed E-state index contributed by atoms with van der Waals surface area (Å²) in [6.07, 6.45) is 0. The molecule has 68 valence electrons. The second-order valence-electron chi connectivity index (χ2n) is 2.60. The van der Waals surface area contributed by atoms with Crippen LogP contribution >= 0.6 is 0 Å². The van der Waals surface area contributed by atoms with Crippen LogP contribution in [0.4, 0.5) is 0 Å². The lowest BCUT2D eigenvalue weighted by Crippen LogP contribution is -2.30. The van der Waals surface area contributed by atoms with E-state index in [0.717, 1.165) is 32.8 Å². The Morgan fingerprint density at radius 3 is 2.64 bits per heavy atom. The summed E-state index contributed by atoms with van der Waals surface area (Å²) < 4.78 is 5.22. The summed E-state index contributed by atoms with van der Waals surface area (Å²) in [6, 6.07) is 0. The van der Waals surface area contributed by atoms with Gasteiger partial charge in [0.2, 0.25) is 0 Å². The fourth-order valence-electron chi connectivity index (χ4n) is 0.779. The molecule has 0 rings (SSSR count). The Balaban J connectivity index is 3.02. The molecule has 0 aliphatic carbocycles. The van der Waals surface area contributed by atoms with Gasteiger partial charge in [0, 0.05) is 26.2 Å². The van der Waals surface area contributed by atoms with Gasteiger partial charge in [-0.1, -0.05) is 0 Å². The smallest absolute Gasteiger partial charge is 0.0593 e. The molecule has 0 atom stereocenters. The Bertz CT molecular complexity index is 78.5. The molecule has 0 fully saturated rings. The first kappa shape index (κ1) is 10.9. The average molecular weight is 160 g/mol. The van der Waals surface area contributed by atoms with E-state index in [9.17, 15) is 0 Å². The maximum atomic E-state index is 5.22. The zero-order chi connectivity index (χ0) is 8.53. The zero-order valence-electron chi connectivity index (χ0n) is 7.89. The first-order valence-corrected chi connectivity index (χ1v) is 4.22. The van der Waals surface area contributed by atoms with Gasteiger partial charge in [-0.2, -0.15) is 0 Å². The number of ether oxygens (including phenoxy) is 1. The molecule has 0 aromatic carbocycles. The van der Waals surface area contributed by atoms with Gasteiger partial charge < -0.3 is 15.0 Å². The van der Waals surface area contributed by atoms with Crippen molar-refractivity contribution in [2.75, 3.05) is 46.9 Å². The fourth-order valence-corrected chi connectivity index (χ4v) is 0.779. The van der Waals surface area contributed by atoms with Crippen LogP contribution in [-0.4, -0.2) is 51.8 Å². The molecule has 0 aliphatic rings. The summed E-state index contributed by atoms with van der Waals surface area (Å²) in [5.74, 6) is 0. The quantitative estimate of drug-likeness (QED) is 0.537. The van der Waals surface area contributed by atoms with Crippen LogP contribution in [0, 0.1) is 0 Å². The van der Waals surface area contributed by atoms with Crippen LogP contribution in [0.25, 0.3) is 0 Å². The standard InChI is InChI=1S/C8H20N2O/c1-4-11-8-7-10(3)6-5-9-2/h9H,4-8H2,1-3H3. The van der Waals surface area contributed by atoms with Crippen molar-refractivity contribution < 1.29 is 4.74 Å². The van der Waals surface area contributed by atoms with E-state index in [1.165, 1.54) is 0 Å². The number of nitrogens with one attached hydrogen (secondary N) is 1. The third kappa shape index (κ3) is 7.78. The van der Waals surface area contributed by atoms with Gasteiger partial charge in [-0.15, -0.1) is 0 Å². The van der Waals surface area contributed by atoms with E-state index >= 15 is 0 Å². The summed E-state index contributed by atoms with van der Waals surface area (Å²) in [5.41, 5.74) is 0. The molecule has 0 heterocycles. The minimum atomic E-state index is 0.819. The second-order valence-corrected chi connectivity index (χ2v) is 2.60. The predicted octanol–water partition coefficient (Wildman–Crippen LogP) is 0.174. The van der Waals surface area contributed by atoms with Crippen LogP contribution in [0.15, 0.2) is 0 Å². The van der Waals surface area contributed by atoms with Gasteiger partial charge in [0.05, 0.1) is 6.61 Å². The van der Waals surface area contributed by atoms with Crippen molar-refractivity contribution in [3.8, 4) is 0 Å². The molecule has 0 unspecified atom stereocenters. The molecule has 0 spiro atoms. The summed E-state index contributed by atoms with van der Waals surface area (Å²) in [4.78, 5) is 2.26. The number of likely N-dealkylation sites (N-methyl/N-ethyl adjacent to an activating group) is 2. The van der Waals surface area contributed by atoms with Crippen molar-refractivity contribution in [1.82, 2.24) is 10.2 Å². The normalized spacial score (nSPS) is 10.9. The van der Waals surface area contributed by atoms with Crippen molar-refractivity contribution in [3.63, 3.8) is 0 Å². The van der Waals surface area contributed by atoms with Gasteiger partial charge >= 0.3 is 0 Å². The molecular formula is C8H20N2O. The third-order valence-corrected chi connectivity index (χ3v) is 1.56. The van der Waals surface area contributed by atoms with Crippen molar-refractivity contribution in [1.29, 1.82) is 0 Å². The largest absolute Gasteiger partial charge is 0.380 e. The monoisotopic (exact) mass is 160 g/mol. The van der Waals surface area contributed by atoms with Crippen LogP contribution in [-0.2, 0) is 4.74 Å². The van der Waals surface area contributed by atoms with Gasteiger partial charge in [-0.25, -0.2) is 0 Å². The number of nitrogens with zero attached hydrogens (tertiary/aromatic N) is 1. The van der Waals surface area contributed by atoms with E-state index < -0.39 is 0 Å².